The van der Waals surface area contributed by atoms with Crippen LogP contribution in [0.1, 0.15) is 18.4 Å². The Bertz CT molecular complexity index is 1180. The van der Waals surface area contributed by atoms with Crippen LogP contribution in [-0.2, 0) is 11.3 Å². The molecule has 0 radical (unpaired) electrons. The number of carbonyl (C=O) groups is 1. The van der Waals surface area contributed by atoms with Gasteiger partial charge in [0.2, 0.25) is 12.4 Å². The number of H-pyrrole nitrogens is 1. The lowest BCUT2D eigenvalue weighted by Crippen LogP contribution is -2.25. The van der Waals surface area contributed by atoms with Gasteiger partial charge >= 0.3 is 0 Å². The molecule has 1 aliphatic carbocycles. The second-order valence-electron chi connectivity index (χ2n) is 7.41. The van der Waals surface area contributed by atoms with Crippen molar-refractivity contribution in [2.75, 3.05) is 10.2 Å². The minimum absolute atomic E-state index is 0.195. The molecule has 4 aromatic rings. The summed E-state index contributed by atoms with van der Waals surface area (Å²) in [6.07, 6.45) is 4.60. The number of nitrogens with zero attached hydrogens (tertiary/aromatic N) is 3. The molecule has 7 heteroatoms. The van der Waals surface area contributed by atoms with E-state index >= 15 is 0 Å². The van der Waals surface area contributed by atoms with Crippen molar-refractivity contribution in [1.82, 2.24) is 15.0 Å². The maximum Gasteiger partial charge on any atom is 0.234 e. The van der Waals surface area contributed by atoms with Gasteiger partial charge in [-0.3, -0.25) is 9.69 Å². The van der Waals surface area contributed by atoms with Gasteiger partial charge in [-0.05, 0) is 48.7 Å². The standard InChI is InChI=1S/C23H20FN5O/c24-17-5-1-15(2-6-17)13-26-18-7-3-16(4-8-18)21-20-11-12-25-22(20)28-23(27-21)29(14-30)19-9-10-19/h1-8,11-12,14,19,26H,9-10,13H2,(H,25,27,28). The van der Waals surface area contributed by atoms with Crippen LogP contribution in [0.15, 0.2) is 60.8 Å². The highest BCUT2D eigenvalue weighted by atomic mass is 19.1. The van der Waals surface area contributed by atoms with E-state index in [2.05, 4.69) is 15.3 Å². The van der Waals surface area contributed by atoms with Crippen molar-refractivity contribution in [2.24, 2.45) is 0 Å². The lowest BCUT2D eigenvalue weighted by atomic mass is 10.1. The summed E-state index contributed by atoms with van der Waals surface area (Å²) in [6, 6.07) is 16.5. The van der Waals surface area contributed by atoms with Crippen LogP contribution in [0.25, 0.3) is 22.3 Å². The van der Waals surface area contributed by atoms with E-state index in [0.29, 0.717) is 18.1 Å². The average Bonchev–Trinajstić information content (AvgIpc) is 3.49. The monoisotopic (exact) mass is 401 g/mol. The second kappa shape index (κ2) is 7.59. The number of aromatic nitrogens is 3. The summed E-state index contributed by atoms with van der Waals surface area (Å²) in [7, 11) is 0. The molecule has 0 unspecified atom stereocenters. The van der Waals surface area contributed by atoms with E-state index in [1.165, 1.54) is 12.1 Å². The quantitative estimate of drug-likeness (QED) is 0.447. The molecule has 1 saturated carbocycles. The highest BCUT2D eigenvalue weighted by molar-refractivity contribution is 5.92. The predicted molar refractivity (Wildman–Crippen MR) is 115 cm³/mol. The van der Waals surface area contributed by atoms with E-state index in [1.807, 2.05) is 36.5 Å². The largest absolute Gasteiger partial charge is 0.381 e. The summed E-state index contributed by atoms with van der Waals surface area (Å²) in [5, 5.41) is 4.25. The van der Waals surface area contributed by atoms with Crippen molar-refractivity contribution in [3.8, 4) is 11.3 Å². The van der Waals surface area contributed by atoms with Gasteiger partial charge < -0.3 is 10.3 Å². The summed E-state index contributed by atoms with van der Waals surface area (Å²) in [5.41, 5.74) is 4.39. The van der Waals surface area contributed by atoms with Gasteiger partial charge in [-0.2, -0.15) is 4.98 Å². The summed E-state index contributed by atoms with van der Waals surface area (Å²) >= 11 is 0. The minimum Gasteiger partial charge on any atom is -0.381 e. The molecule has 0 aliphatic heterocycles. The first-order valence-electron chi connectivity index (χ1n) is 9.89. The van der Waals surface area contributed by atoms with Crippen LogP contribution in [0, 0.1) is 5.82 Å². The lowest BCUT2D eigenvalue weighted by Gasteiger charge is -2.16. The molecule has 5 rings (SSSR count). The average molecular weight is 401 g/mol. The molecule has 2 heterocycles. The van der Waals surface area contributed by atoms with Crippen molar-refractivity contribution in [2.45, 2.75) is 25.4 Å². The molecule has 2 aromatic carbocycles. The highest BCUT2D eigenvalue weighted by Gasteiger charge is 2.31. The Morgan fingerprint density at radius 2 is 1.83 bits per heavy atom. The zero-order valence-electron chi connectivity index (χ0n) is 16.2. The summed E-state index contributed by atoms with van der Waals surface area (Å²) < 4.78 is 13.0. The third-order valence-electron chi connectivity index (χ3n) is 5.26. The predicted octanol–water partition coefficient (Wildman–Crippen LogP) is 4.50. The number of nitrogens with one attached hydrogen (secondary N) is 2. The minimum atomic E-state index is -0.238. The van der Waals surface area contributed by atoms with Crippen LogP contribution in [0.2, 0.25) is 0 Å². The summed E-state index contributed by atoms with van der Waals surface area (Å²) in [5.74, 6) is 0.189. The van der Waals surface area contributed by atoms with E-state index in [0.717, 1.165) is 47.1 Å². The van der Waals surface area contributed by atoms with Crippen LogP contribution in [0.4, 0.5) is 16.0 Å². The van der Waals surface area contributed by atoms with E-state index < -0.39 is 0 Å². The fraction of sp³-hybridized carbons (Fsp3) is 0.174. The first-order chi connectivity index (χ1) is 14.7. The number of anilines is 2. The highest BCUT2D eigenvalue weighted by Crippen LogP contribution is 2.32. The molecule has 1 aliphatic rings. The molecule has 1 fully saturated rings. The Kier molecular flexibility index (Phi) is 4.63. The molecular weight excluding hydrogens is 381 g/mol. The lowest BCUT2D eigenvalue weighted by molar-refractivity contribution is -0.107. The van der Waals surface area contributed by atoms with Crippen molar-refractivity contribution in [3.05, 3.63) is 72.2 Å². The van der Waals surface area contributed by atoms with E-state index in [-0.39, 0.29) is 11.9 Å². The maximum absolute atomic E-state index is 13.0. The molecule has 1 amide bonds. The number of hydrogen-bond donors (Lipinski definition) is 2. The SMILES string of the molecule is O=CN(c1nc(-c2ccc(NCc3ccc(F)cc3)cc2)c2cc[nH]c2n1)C1CC1. The first-order valence-corrected chi connectivity index (χ1v) is 9.89. The fourth-order valence-electron chi connectivity index (χ4n) is 3.47. The van der Waals surface area contributed by atoms with Crippen molar-refractivity contribution in [3.63, 3.8) is 0 Å². The number of hydrogen-bond acceptors (Lipinski definition) is 4. The van der Waals surface area contributed by atoms with E-state index in [9.17, 15) is 9.18 Å². The number of aromatic amines is 1. The molecule has 150 valence electrons. The van der Waals surface area contributed by atoms with Gasteiger partial charge in [-0.1, -0.05) is 24.3 Å². The molecule has 2 N–H and O–H groups in total. The Labute approximate surface area is 172 Å². The number of fused-ring (bicyclic) bond motifs is 1. The number of benzene rings is 2. The van der Waals surface area contributed by atoms with Gasteiger partial charge in [0, 0.05) is 35.4 Å². The van der Waals surface area contributed by atoms with Crippen LogP contribution < -0.4 is 10.2 Å². The molecule has 30 heavy (non-hydrogen) atoms. The molecule has 0 bridgehead atoms. The zero-order chi connectivity index (χ0) is 20.5. The van der Waals surface area contributed by atoms with E-state index in [4.69, 9.17) is 4.98 Å². The Morgan fingerprint density at radius 3 is 2.53 bits per heavy atom. The van der Waals surface area contributed by atoms with Crippen molar-refractivity contribution >= 4 is 29.1 Å². The molecule has 2 aromatic heterocycles. The normalized spacial score (nSPS) is 13.4. The number of amides is 1. The third-order valence-corrected chi connectivity index (χ3v) is 5.26. The van der Waals surface area contributed by atoms with Crippen molar-refractivity contribution in [1.29, 1.82) is 0 Å². The topological polar surface area (TPSA) is 73.9 Å². The maximum atomic E-state index is 13.0. The fourth-order valence-corrected chi connectivity index (χ4v) is 3.47. The van der Waals surface area contributed by atoms with Crippen molar-refractivity contribution < 1.29 is 9.18 Å². The van der Waals surface area contributed by atoms with Gasteiger partial charge in [0.25, 0.3) is 0 Å². The van der Waals surface area contributed by atoms with Gasteiger partial charge in [0.05, 0.1) is 5.69 Å². The third kappa shape index (κ3) is 3.61. The molecule has 0 atom stereocenters. The summed E-state index contributed by atoms with van der Waals surface area (Å²) in [6.45, 7) is 0.606. The summed E-state index contributed by atoms with van der Waals surface area (Å²) in [4.78, 5) is 25.6. The van der Waals surface area contributed by atoms with E-state index in [1.54, 1.807) is 17.0 Å². The number of carbonyl (C=O) groups excluding carboxylic acids is 1. The van der Waals surface area contributed by atoms with Crippen LogP contribution >= 0.6 is 0 Å². The number of rotatable bonds is 7. The molecule has 0 saturated heterocycles. The first kappa shape index (κ1) is 18.3. The van der Waals surface area contributed by atoms with Crippen LogP contribution in [0.5, 0.6) is 0 Å². The van der Waals surface area contributed by atoms with Gasteiger partial charge in [-0.15, -0.1) is 0 Å². The smallest absolute Gasteiger partial charge is 0.234 e. The Hall–Kier alpha value is -3.74. The van der Waals surface area contributed by atoms with Crippen LogP contribution in [0.3, 0.4) is 0 Å². The molecule has 6 nitrogen and oxygen atoms in total. The van der Waals surface area contributed by atoms with Gasteiger partial charge in [-0.25, -0.2) is 9.37 Å². The van der Waals surface area contributed by atoms with Gasteiger partial charge in [0.15, 0.2) is 0 Å². The van der Waals surface area contributed by atoms with Crippen LogP contribution in [-0.4, -0.2) is 27.4 Å². The molecular formula is C23H20FN5O. The Balaban J connectivity index is 1.41. The molecule has 0 spiro atoms. The number of halogens is 1. The van der Waals surface area contributed by atoms with Gasteiger partial charge in [0.1, 0.15) is 11.5 Å². The second-order valence-corrected chi connectivity index (χ2v) is 7.41. The Morgan fingerprint density at radius 1 is 1.07 bits per heavy atom. The zero-order valence-corrected chi connectivity index (χ0v) is 16.2.